The minimum absolute atomic E-state index is 0.0375. The molecule has 0 spiro atoms. The van der Waals surface area contributed by atoms with Crippen molar-refractivity contribution in [2.24, 2.45) is 11.0 Å². The third-order valence-corrected chi connectivity index (χ3v) is 6.49. The molecule has 6 heteroatoms. The number of hydrazone groups is 1. The molecule has 0 aliphatic carbocycles. The van der Waals surface area contributed by atoms with Crippen LogP contribution in [-0.4, -0.2) is 47.8 Å². The highest BCUT2D eigenvalue weighted by Gasteiger charge is 2.34. The smallest absolute Gasteiger partial charge is 0.257 e. The fraction of sp³-hybridized carbons (Fsp3) is 0.440. The average Bonchev–Trinajstić information content (AvgIpc) is 3.22. The number of rotatable bonds is 6. The second kappa shape index (κ2) is 9.84. The molecule has 1 atom stereocenters. The summed E-state index contributed by atoms with van der Waals surface area (Å²) in [5.74, 6) is 1.60. The van der Waals surface area contributed by atoms with Crippen molar-refractivity contribution in [2.75, 3.05) is 26.2 Å². The number of carbonyl (C=O) groups is 1. The molecule has 0 unspecified atom stereocenters. The van der Waals surface area contributed by atoms with E-state index in [1.807, 2.05) is 55.5 Å². The van der Waals surface area contributed by atoms with Gasteiger partial charge in [-0.15, -0.1) is 0 Å². The van der Waals surface area contributed by atoms with E-state index in [-0.39, 0.29) is 11.9 Å². The van der Waals surface area contributed by atoms with Gasteiger partial charge in [0.2, 0.25) is 0 Å². The first-order valence-corrected chi connectivity index (χ1v) is 11.5. The molecular weight excluding hydrogens is 410 g/mol. The Labute approximate surface area is 189 Å². The Morgan fingerprint density at radius 2 is 1.84 bits per heavy atom. The van der Waals surface area contributed by atoms with E-state index >= 15 is 0 Å². The van der Waals surface area contributed by atoms with E-state index in [0.717, 1.165) is 54.4 Å². The number of hydrogen-bond donors (Lipinski definition) is 0. The number of likely N-dealkylation sites (tertiary alicyclic amines) is 1. The van der Waals surface area contributed by atoms with Crippen molar-refractivity contribution >= 4 is 23.2 Å². The van der Waals surface area contributed by atoms with Crippen LogP contribution in [0.4, 0.5) is 0 Å². The van der Waals surface area contributed by atoms with E-state index in [4.69, 9.17) is 21.4 Å². The number of hydrogen-bond acceptors (Lipinski definition) is 4. The molecule has 0 radical (unpaired) electrons. The predicted molar refractivity (Wildman–Crippen MR) is 125 cm³/mol. The van der Waals surface area contributed by atoms with Crippen LogP contribution in [-0.2, 0) is 4.79 Å². The van der Waals surface area contributed by atoms with Gasteiger partial charge in [-0.2, -0.15) is 5.10 Å². The first-order valence-electron chi connectivity index (χ1n) is 11.1. The largest absolute Gasteiger partial charge is 0.494 e. The molecular formula is C25H30ClN3O2. The van der Waals surface area contributed by atoms with Crippen LogP contribution in [0.2, 0.25) is 5.02 Å². The quantitative estimate of drug-likeness (QED) is 0.625. The molecule has 2 heterocycles. The average molecular weight is 440 g/mol. The summed E-state index contributed by atoms with van der Waals surface area (Å²) in [6.07, 6.45) is 2.92. The summed E-state index contributed by atoms with van der Waals surface area (Å²) < 4.78 is 5.58. The van der Waals surface area contributed by atoms with Crippen LogP contribution in [0.25, 0.3) is 0 Å². The van der Waals surface area contributed by atoms with Gasteiger partial charge in [0.25, 0.3) is 5.91 Å². The lowest BCUT2D eigenvalue weighted by Gasteiger charge is -2.31. The highest BCUT2D eigenvalue weighted by atomic mass is 35.5. The minimum atomic E-state index is -0.141. The van der Waals surface area contributed by atoms with Crippen LogP contribution in [0.15, 0.2) is 53.6 Å². The van der Waals surface area contributed by atoms with Crippen molar-refractivity contribution in [3.63, 3.8) is 0 Å². The Morgan fingerprint density at radius 3 is 2.52 bits per heavy atom. The number of carbonyl (C=O) groups excluding carboxylic acids is 1. The first-order chi connectivity index (χ1) is 15.0. The molecule has 4 rings (SSSR count). The van der Waals surface area contributed by atoms with Crippen LogP contribution in [0.1, 0.15) is 50.3 Å². The normalized spacial score (nSPS) is 20.0. The zero-order chi connectivity index (χ0) is 21.8. The van der Waals surface area contributed by atoms with E-state index in [2.05, 4.69) is 11.8 Å². The van der Waals surface area contributed by atoms with Crippen LogP contribution < -0.4 is 4.74 Å². The molecule has 1 fully saturated rings. The maximum atomic E-state index is 13.3. The van der Waals surface area contributed by atoms with E-state index in [1.165, 1.54) is 0 Å². The second-order valence-corrected chi connectivity index (χ2v) is 8.85. The van der Waals surface area contributed by atoms with Gasteiger partial charge in [-0.25, -0.2) is 5.01 Å². The molecule has 164 valence electrons. The van der Waals surface area contributed by atoms with Gasteiger partial charge in [-0.1, -0.05) is 48.9 Å². The van der Waals surface area contributed by atoms with Crippen LogP contribution in [0, 0.1) is 5.92 Å². The maximum Gasteiger partial charge on any atom is 0.257 e. The van der Waals surface area contributed by atoms with Crippen molar-refractivity contribution in [3.05, 3.63) is 64.7 Å². The van der Waals surface area contributed by atoms with Crippen molar-refractivity contribution in [3.8, 4) is 5.75 Å². The van der Waals surface area contributed by atoms with Gasteiger partial charge in [0, 0.05) is 17.0 Å². The zero-order valence-electron chi connectivity index (χ0n) is 18.3. The summed E-state index contributed by atoms with van der Waals surface area (Å²) in [5.41, 5.74) is 2.79. The Bertz CT molecular complexity index is 936. The van der Waals surface area contributed by atoms with Crippen molar-refractivity contribution in [2.45, 2.75) is 39.2 Å². The Hall–Kier alpha value is -2.37. The topological polar surface area (TPSA) is 45.1 Å². The molecule has 2 aromatic carbocycles. The van der Waals surface area contributed by atoms with Crippen molar-refractivity contribution in [1.29, 1.82) is 0 Å². The number of nitrogens with zero attached hydrogens (tertiary/aromatic N) is 3. The van der Waals surface area contributed by atoms with Crippen LogP contribution in [0.3, 0.4) is 0 Å². The van der Waals surface area contributed by atoms with E-state index in [1.54, 1.807) is 5.01 Å². The van der Waals surface area contributed by atoms with Gasteiger partial charge >= 0.3 is 0 Å². The summed E-state index contributed by atoms with van der Waals surface area (Å²) in [7, 11) is 0. The number of piperidine rings is 1. The Balaban J connectivity index is 1.58. The summed E-state index contributed by atoms with van der Waals surface area (Å²) in [5, 5.41) is 7.11. The molecule has 0 bridgehead atoms. The van der Waals surface area contributed by atoms with Gasteiger partial charge in [-0.05, 0) is 62.5 Å². The van der Waals surface area contributed by atoms with Crippen LogP contribution >= 0.6 is 11.6 Å². The molecule has 0 aromatic heterocycles. The second-order valence-electron chi connectivity index (χ2n) is 8.45. The molecule has 1 amide bonds. The number of benzene rings is 2. The summed E-state index contributed by atoms with van der Waals surface area (Å²) in [6.45, 7) is 7.21. The molecule has 2 aromatic rings. The Morgan fingerprint density at radius 1 is 1.13 bits per heavy atom. The Kier molecular flexibility index (Phi) is 6.93. The fourth-order valence-electron chi connectivity index (χ4n) is 4.29. The predicted octanol–water partition coefficient (Wildman–Crippen LogP) is 5.15. The number of amides is 1. The molecule has 2 aliphatic rings. The molecule has 0 saturated carbocycles. The molecule has 0 N–H and O–H groups in total. The van der Waals surface area contributed by atoms with Crippen molar-refractivity contribution in [1.82, 2.24) is 9.91 Å². The lowest BCUT2D eigenvalue weighted by Crippen LogP contribution is -2.41. The van der Waals surface area contributed by atoms with E-state index in [9.17, 15) is 4.79 Å². The number of halogens is 1. The molecule has 31 heavy (non-hydrogen) atoms. The molecule has 2 aliphatic heterocycles. The van der Waals surface area contributed by atoms with Gasteiger partial charge in [0.15, 0.2) is 0 Å². The fourth-order valence-corrected chi connectivity index (χ4v) is 4.54. The zero-order valence-corrected chi connectivity index (χ0v) is 19.0. The molecule has 1 saturated heterocycles. The van der Waals surface area contributed by atoms with Crippen molar-refractivity contribution < 1.29 is 9.53 Å². The highest BCUT2D eigenvalue weighted by Crippen LogP contribution is 2.35. The van der Waals surface area contributed by atoms with Gasteiger partial charge in [0.1, 0.15) is 5.75 Å². The summed E-state index contributed by atoms with van der Waals surface area (Å²) >= 11 is 6.44. The third kappa shape index (κ3) is 5.10. The molecule has 5 nitrogen and oxygen atoms in total. The first kappa shape index (κ1) is 21.8. The summed E-state index contributed by atoms with van der Waals surface area (Å²) in [6, 6.07) is 15.5. The van der Waals surface area contributed by atoms with Gasteiger partial charge in [-0.3, -0.25) is 9.69 Å². The standard InChI is InChI=1S/C25H30ClN3O2/c1-3-31-20-10-8-19(9-11-20)24-16-23(21-6-4-5-7-22(21)26)27-29(24)25(30)17-28-14-12-18(2)13-15-28/h4-11,18,24H,3,12-17H2,1-2H3/t24-/m0/s1. The van der Waals surface area contributed by atoms with E-state index in [0.29, 0.717) is 24.6 Å². The monoisotopic (exact) mass is 439 g/mol. The lowest BCUT2D eigenvalue weighted by atomic mass is 9.98. The van der Waals surface area contributed by atoms with Gasteiger partial charge in [0.05, 0.1) is 24.9 Å². The van der Waals surface area contributed by atoms with Crippen LogP contribution in [0.5, 0.6) is 5.75 Å². The third-order valence-electron chi connectivity index (χ3n) is 6.16. The van der Waals surface area contributed by atoms with Gasteiger partial charge < -0.3 is 4.74 Å². The maximum absolute atomic E-state index is 13.3. The highest BCUT2D eigenvalue weighted by molar-refractivity contribution is 6.34. The lowest BCUT2D eigenvalue weighted by molar-refractivity contribution is -0.134. The SMILES string of the molecule is CCOc1ccc([C@@H]2CC(c3ccccc3Cl)=NN2C(=O)CN2CCC(C)CC2)cc1. The number of ether oxygens (including phenoxy) is 1. The summed E-state index contributed by atoms with van der Waals surface area (Å²) in [4.78, 5) is 15.6. The minimum Gasteiger partial charge on any atom is -0.494 e. The van der Waals surface area contributed by atoms with E-state index < -0.39 is 0 Å².